The summed E-state index contributed by atoms with van der Waals surface area (Å²) in [6, 6.07) is 37.3. The first-order valence-electron chi connectivity index (χ1n) is 16.7. The summed E-state index contributed by atoms with van der Waals surface area (Å²) in [6.45, 7) is 8.75. The number of para-hydroxylation sites is 4. The number of pyridine rings is 2. The molecule has 0 bridgehead atoms. The number of aromatic nitrogens is 3. The van der Waals surface area contributed by atoms with Crippen molar-refractivity contribution in [1.82, 2.24) is 14.5 Å². The predicted molar refractivity (Wildman–Crippen MR) is 204 cm³/mol. The summed E-state index contributed by atoms with van der Waals surface area (Å²) in [4.78, 5) is 9.11. The molecule has 0 aliphatic rings. The van der Waals surface area contributed by atoms with Crippen LogP contribution in [0.25, 0.3) is 27.6 Å². The van der Waals surface area contributed by atoms with E-state index in [9.17, 15) is 8.42 Å². The van der Waals surface area contributed by atoms with Crippen molar-refractivity contribution in [3.05, 3.63) is 133 Å². The third kappa shape index (κ3) is 6.52. The Morgan fingerprint density at radius 1 is 0.660 bits per heavy atom. The second-order valence-corrected chi connectivity index (χ2v) is 15.0. The van der Waals surface area contributed by atoms with Gasteiger partial charge in [-0.2, -0.15) is 0 Å². The quantitative estimate of drug-likeness (QED) is 0.148. The van der Waals surface area contributed by atoms with Crippen LogP contribution in [0.2, 0.25) is 0 Å². The Kier molecular flexibility index (Phi) is 8.76. The Balaban J connectivity index is 1.27. The van der Waals surface area contributed by atoms with Crippen LogP contribution in [-0.4, -0.2) is 29.2 Å². The van der Waals surface area contributed by atoms with E-state index in [1.54, 1.807) is 12.3 Å². The van der Waals surface area contributed by atoms with Crippen molar-refractivity contribution < 1.29 is 13.2 Å². The lowest BCUT2D eigenvalue weighted by molar-refractivity contribution is 0.480. The van der Waals surface area contributed by atoms with Crippen molar-refractivity contribution in [2.75, 3.05) is 16.9 Å². The molecular weight excluding hydrogens is 643 g/mol. The van der Waals surface area contributed by atoms with Gasteiger partial charge in [0.05, 0.1) is 22.4 Å². The molecule has 7 aromatic rings. The highest BCUT2D eigenvalue weighted by Gasteiger charge is 2.19. The predicted octanol–water partition coefficient (Wildman–Crippen LogP) is 10.5. The number of anilines is 4. The molecular formula is C41H39N5O3S. The van der Waals surface area contributed by atoms with Crippen LogP contribution >= 0.6 is 0 Å². The maximum atomic E-state index is 12.9. The summed E-state index contributed by atoms with van der Waals surface area (Å²) in [7, 11) is -3.68. The van der Waals surface area contributed by atoms with Crippen molar-refractivity contribution in [2.24, 2.45) is 0 Å². The van der Waals surface area contributed by atoms with Gasteiger partial charge in [0, 0.05) is 47.1 Å². The van der Waals surface area contributed by atoms with Gasteiger partial charge in [-0.3, -0.25) is 4.57 Å². The van der Waals surface area contributed by atoms with E-state index in [0.717, 1.165) is 50.9 Å². The van der Waals surface area contributed by atoms with E-state index < -0.39 is 9.84 Å². The van der Waals surface area contributed by atoms with Crippen LogP contribution in [0.5, 0.6) is 11.5 Å². The van der Waals surface area contributed by atoms with Crippen LogP contribution in [0.4, 0.5) is 22.9 Å². The Bertz CT molecular complexity index is 2430. The smallest absolute Gasteiger partial charge is 0.192 e. The number of sulfone groups is 1. The summed E-state index contributed by atoms with van der Waals surface area (Å²) >= 11 is 0. The van der Waals surface area contributed by atoms with E-state index in [4.69, 9.17) is 4.74 Å². The maximum absolute atomic E-state index is 12.9. The zero-order valence-corrected chi connectivity index (χ0v) is 29.5. The van der Waals surface area contributed by atoms with Gasteiger partial charge in [-0.05, 0) is 65.4 Å². The fourth-order valence-electron chi connectivity index (χ4n) is 6.35. The highest BCUT2D eigenvalue weighted by Crippen LogP contribution is 2.39. The Morgan fingerprint density at radius 2 is 1.32 bits per heavy atom. The Labute approximate surface area is 292 Å². The molecule has 0 aliphatic carbocycles. The number of ether oxygens (including phenoxy) is 1. The van der Waals surface area contributed by atoms with Gasteiger partial charge < -0.3 is 15.4 Å². The van der Waals surface area contributed by atoms with Gasteiger partial charge >= 0.3 is 0 Å². The van der Waals surface area contributed by atoms with Gasteiger partial charge in [0.2, 0.25) is 0 Å². The minimum absolute atomic E-state index is 0.0983. The van der Waals surface area contributed by atoms with Crippen LogP contribution in [0.1, 0.15) is 50.7 Å². The molecule has 3 heterocycles. The summed E-state index contributed by atoms with van der Waals surface area (Å²) in [5.41, 5.74) is 7.04. The molecule has 0 saturated heterocycles. The van der Waals surface area contributed by atoms with Gasteiger partial charge in [-0.15, -0.1) is 0 Å². The van der Waals surface area contributed by atoms with Crippen molar-refractivity contribution in [3.8, 4) is 17.3 Å². The summed E-state index contributed by atoms with van der Waals surface area (Å²) < 4.78 is 34.2. The largest absolute Gasteiger partial charge is 0.457 e. The van der Waals surface area contributed by atoms with Crippen LogP contribution in [0, 0.1) is 0 Å². The average Bonchev–Trinajstić information content (AvgIpc) is 3.42. The lowest BCUT2D eigenvalue weighted by Crippen LogP contribution is -2.07. The van der Waals surface area contributed by atoms with Gasteiger partial charge in [0.15, 0.2) is 14.9 Å². The van der Waals surface area contributed by atoms with Crippen LogP contribution < -0.4 is 15.4 Å². The maximum Gasteiger partial charge on any atom is 0.192 e. The van der Waals surface area contributed by atoms with E-state index in [1.807, 2.05) is 72.8 Å². The number of benzene rings is 4. The van der Waals surface area contributed by atoms with Crippen molar-refractivity contribution in [3.63, 3.8) is 0 Å². The van der Waals surface area contributed by atoms with Crippen LogP contribution in [0.3, 0.4) is 0 Å². The number of fused-ring (bicyclic) bond motifs is 3. The van der Waals surface area contributed by atoms with E-state index in [1.165, 1.54) is 17.2 Å². The van der Waals surface area contributed by atoms with E-state index in [-0.39, 0.29) is 5.03 Å². The van der Waals surface area contributed by atoms with E-state index in [0.29, 0.717) is 29.2 Å². The second kappa shape index (κ2) is 13.3. The molecule has 0 amide bonds. The molecule has 252 valence electrons. The summed E-state index contributed by atoms with van der Waals surface area (Å²) in [5.74, 6) is 2.63. The first kappa shape index (κ1) is 32.9. The van der Waals surface area contributed by atoms with Gasteiger partial charge in [0.25, 0.3) is 0 Å². The third-order valence-electron chi connectivity index (χ3n) is 8.74. The lowest BCUT2D eigenvalue weighted by atomic mass is 9.92. The molecule has 9 heteroatoms. The van der Waals surface area contributed by atoms with Crippen LogP contribution in [-0.2, 0) is 9.84 Å². The highest BCUT2D eigenvalue weighted by atomic mass is 32.2. The zero-order valence-electron chi connectivity index (χ0n) is 28.7. The molecule has 50 heavy (non-hydrogen) atoms. The minimum Gasteiger partial charge on any atom is -0.457 e. The molecule has 0 atom stereocenters. The molecule has 0 aliphatic heterocycles. The third-order valence-corrected chi connectivity index (χ3v) is 9.71. The highest BCUT2D eigenvalue weighted by molar-refractivity contribution is 7.90. The topological polar surface area (TPSA) is 98.1 Å². The number of hydrogen-bond donors (Lipinski definition) is 2. The molecule has 0 radical (unpaired) electrons. The average molecular weight is 682 g/mol. The van der Waals surface area contributed by atoms with Gasteiger partial charge in [0.1, 0.15) is 23.1 Å². The number of nitrogens with zero attached hydrogens (tertiary/aromatic N) is 3. The standard InChI is InChI=1S/C41H39N5O3S/c1-26(2)30-14-12-15-31(27(3)4)41(30)44-35-17-8-7-16-34(35)43-38-24-29(25-40(45-38)50(5,47)48)49-28-20-21-33-32-13-6-9-18-36(32)46(37(33)23-28)39-19-10-11-22-42-39/h6-27,44H,1-5H3,(H,43,45). The van der Waals surface area contributed by atoms with Crippen molar-refractivity contribution >= 4 is 54.5 Å². The lowest BCUT2D eigenvalue weighted by Gasteiger charge is -2.22. The Hall–Kier alpha value is -5.67. The summed E-state index contributed by atoms with van der Waals surface area (Å²) in [6.07, 6.45) is 2.92. The van der Waals surface area contributed by atoms with E-state index in [2.05, 4.69) is 83.2 Å². The first-order chi connectivity index (χ1) is 24.1. The fourth-order valence-corrected chi connectivity index (χ4v) is 6.94. The molecule has 7 rings (SSSR count). The number of nitrogens with one attached hydrogen (secondary N) is 2. The fraction of sp³-hybridized carbons (Fsp3) is 0.171. The van der Waals surface area contributed by atoms with Crippen molar-refractivity contribution in [1.29, 1.82) is 0 Å². The normalized spacial score (nSPS) is 11.8. The molecule has 4 aromatic carbocycles. The summed E-state index contributed by atoms with van der Waals surface area (Å²) in [5, 5.41) is 9.12. The number of hydrogen-bond acceptors (Lipinski definition) is 7. The van der Waals surface area contributed by atoms with Gasteiger partial charge in [-0.25, -0.2) is 18.4 Å². The monoisotopic (exact) mass is 681 g/mol. The minimum atomic E-state index is -3.68. The van der Waals surface area contributed by atoms with E-state index >= 15 is 0 Å². The first-order valence-corrected chi connectivity index (χ1v) is 18.6. The van der Waals surface area contributed by atoms with Crippen LogP contribution in [0.15, 0.2) is 126 Å². The number of rotatable bonds is 10. The second-order valence-electron chi connectivity index (χ2n) is 13.0. The Morgan fingerprint density at radius 3 is 2.00 bits per heavy atom. The molecule has 0 unspecified atom stereocenters. The zero-order chi connectivity index (χ0) is 35.0. The molecule has 0 saturated carbocycles. The van der Waals surface area contributed by atoms with Crippen molar-refractivity contribution in [2.45, 2.75) is 44.6 Å². The van der Waals surface area contributed by atoms with Gasteiger partial charge in [-0.1, -0.05) is 82.3 Å². The molecule has 2 N–H and O–H groups in total. The SMILES string of the molecule is CC(C)c1cccc(C(C)C)c1Nc1ccccc1Nc1cc(Oc2ccc3c4ccccc4n(-c4ccccn4)c3c2)cc(S(C)(=O)=O)n1. The molecule has 0 spiro atoms. The molecule has 3 aromatic heterocycles. The molecule has 8 nitrogen and oxygen atoms in total. The molecule has 0 fully saturated rings.